The molecule has 0 spiro atoms. The fourth-order valence-corrected chi connectivity index (χ4v) is 1.09. The Morgan fingerprint density at radius 3 is 2.21 bits per heavy atom. The minimum Gasteiger partial charge on any atom is -0.465 e. The maximum Gasteiger partial charge on any atom is 0.321 e. The molecule has 0 aliphatic rings. The van der Waals surface area contributed by atoms with Crippen LogP contribution >= 0.6 is 12.6 Å². The van der Waals surface area contributed by atoms with Gasteiger partial charge in [0.25, 0.3) is 0 Å². The molecule has 0 saturated heterocycles. The van der Waals surface area contributed by atoms with Gasteiger partial charge in [-0.15, -0.1) is 0 Å². The van der Waals surface area contributed by atoms with Crippen LogP contribution in [-0.4, -0.2) is 30.9 Å². The average Bonchev–Trinajstić information content (AvgIpc) is 2.16. The average molecular weight is 220 g/mol. The highest BCUT2D eigenvalue weighted by Crippen LogP contribution is 2.06. The van der Waals surface area contributed by atoms with E-state index in [-0.39, 0.29) is 12.4 Å². The van der Waals surface area contributed by atoms with Crippen molar-refractivity contribution in [3.05, 3.63) is 0 Å². The molecule has 0 rings (SSSR count). The largest absolute Gasteiger partial charge is 0.465 e. The molecule has 0 radical (unpaired) electrons. The molecule has 0 aromatic carbocycles. The van der Waals surface area contributed by atoms with Crippen LogP contribution in [0.4, 0.5) is 0 Å². The van der Waals surface area contributed by atoms with E-state index in [0.717, 1.165) is 6.42 Å². The first-order chi connectivity index (χ1) is 6.67. The summed E-state index contributed by atoms with van der Waals surface area (Å²) in [6, 6.07) is 0. The number of hydrogen-bond donors (Lipinski definition) is 1. The van der Waals surface area contributed by atoms with Crippen molar-refractivity contribution >= 4 is 24.6 Å². The highest BCUT2D eigenvalue weighted by atomic mass is 32.1. The molecule has 0 heterocycles. The van der Waals surface area contributed by atoms with Crippen molar-refractivity contribution < 1.29 is 19.1 Å². The van der Waals surface area contributed by atoms with Gasteiger partial charge in [-0.05, 0) is 13.3 Å². The van der Waals surface area contributed by atoms with Crippen LogP contribution in [0, 0.1) is 5.92 Å². The summed E-state index contributed by atoms with van der Waals surface area (Å²) in [6.45, 7) is 4.14. The Morgan fingerprint density at radius 2 is 1.79 bits per heavy atom. The maximum absolute atomic E-state index is 11.3. The summed E-state index contributed by atoms with van der Waals surface area (Å²) < 4.78 is 9.53. The highest BCUT2D eigenvalue weighted by molar-refractivity contribution is 7.80. The van der Waals surface area contributed by atoms with Crippen LogP contribution in [0.1, 0.15) is 20.3 Å². The second-order valence-corrected chi connectivity index (χ2v) is 3.02. The number of thiol groups is 1. The molecule has 0 fully saturated rings. The number of carbonyl (C=O) groups excluding carboxylic acids is 2. The summed E-state index contributed by atoms with van der Waals surface area (Å²) >= 11 is 3.91. The minimum atomic E-state index is -0.898. The van der Waals surface area contributed by atoms with E-state index >= 15 is 0 Å². The van der Waals surface area contributed by atoms with Crippen LogP contribution < -0.4 is 0 Å². The molecule has 5 heteroatoms. The summed E-state index contributed by atoms with van der Waals surface area (Å²) in [5, 5.41) is 0. The van der Waals surface area contributed by atoms with Gasteiger partial charge in [-0.2, -0.15) is 12.6 Å². The standard InChI is InChI=1S/C9H16O4S/c1-3-5-13-9(11)7(6-14)8(10)12-4-2/h7,14H,3-6H2,1-2H3. The Hall–Kier alpha value is -0.710. The van der Waals surface area contributed by atoms with Gasteiger partial charge in [-0.25, -0.2) is 0 Å². The van der Waals surface area contributed by atoms with Gasteiger partial charge in [-0.3, -0.25) is 9.59 Å². The normalized spacial score (nSPS) is 11.9. The summed E-state index contributed by atoms with van der Waals surface area (Å²) in [4.78, 5) is 22.5. The van der Waals surface area contributed by atoms with Crippen molar-refractivity contribution in [2.24, 2.45) is 5.92 Å². The Balaban J connectivity index is 4.10. The van der Waals surface area contributed by atoms with E-state index < -0.39 is 17.9 Å². The van der Waals surface area contributed by atoms with E-state index in [2.05, 4.69) is 12.6 Å². The molecule has 0 aromatic rings. The number of hydrogen-bond acceptors (Lipinski definition) is 5. The minimum absolute atomic E-state index is 0.112. The van der Waals surface area contributed by atoms with Crippen LogP contribution in [0.25, 0.3) is 0 Å². The van der Waals surface area contributed by atoms with Gasteiger partial charge in [0.15, 0.2) is 5.92 Å². The molecule has 0 aliphatic heterocycles. The molecule has 1 unspecified atom stereocenters. The van der Waals surface area contributed by atoms with Crippen molar-refractivity contribution in [1.29, 1.82) is 0 Å². The lowest BCUT2D eigenvalue weighted by Gasteiger charge is -2.11. The highest BCUT2D eigenvalue weighted by Gasteiger charge is 2.27. The fourth-order valence-electron chi connectivity index (χ4n) is 0.791. The number of carbonyl (C=O) groups is 2. The molecule has 0 amide bonds. The summed E-state index contributed by atoms with van der Waals surface area (Å²) in [7, 11) is 0. The molecule has 4 nitrogen and oxygen atoms in total. The van der Waals surface area contributed by atoms with Crippen LogP contribution in [0.15, 0.2) is 0 Å². The van der Waals surface area contributed by atoms with E-state index in [9.17, 15) is 9.59 Å². The fraction of sp³-hybridized carbons (Fsp3) is 0.778. The van der Waals surface area contributed by atoms with Crippen molar-refractivity contribution in [1.82, 2.24) is 0 Å². The van der Waals surface area contributed by atoms with Gasteiger partial charge in [0.05, 0.1) is 13.2 Å². The Morgan fingerprint density at radius 1 is 1.21 bits per heavy atom. The van der Waals surface area contributed by atoms with Crippen LogP contribution in [0.3, 0.4) is 0 Å². The lowest BCUT2D eigenvalue weighted by molar-refractivity contribution is -0.160. The lowest BCUT2D eigenvalue weighted by Crippen LogP contribution is -2.29. The zero-order valence-electron chi connectivity index (χ0n) is 8.49. The smallest absolute Gasteiger partial charge is 0.321 e. The molecular formula is C9H16O4S. The van der Waals surface area contributed by atoms with Crippen molar-refractivity contribution in [2.45, 2.75) is 20.3 Å². The van der Waals surface area contributed by atoms with E-state index in [1.165, 1.54) is 0 Å². The number of rotatable bonds is 6. The van der Waals surface area contributed by atoms with E-state index in [1.54, 1.807) is 6.92 Å². The topological polar surface area (TPSA) is 52.6 Å². The number of ether oxygens (including phenoxy) is 2. The molecular weight excluding hydrogens is 204 g/mol. The molecule has 0 aromatic heterocycles. The van der Waals surface area contributed by atoms with E-state index in [4.69, 9.17) is 9.47 Å². The molecule has 0 bridgehead atoms. The van der Waals surface area contributed by atoms with E-state index in [1.807, 2.05) is 6.92 Å². The van der Waals surface area contributed by atoms with Gasteiger partial charge in [0, 0.05) is 5.75 Å². The molecule has 82 valence electrons. The van der Waals surface area contributed by atoms with Gasteiger partial charge in [0.1, 0.15) is 0 Å². The Kier molecular flexibility index (Phi) is 7.28. The monoisotopic (exact) mass is 220 g/mol. The third-order valence-corrected chi connectivity index (χ3v) is 1.85. The predicted molar refractivity (Wildman–Crippen MR) is 55.2 cm³/mol. The Bertz CT molecular complexity index is 193. The van der Waals surface area contributed by atoms with Crippen molar-refractivity contribution in [3.63, 3.8) is 0 Å². The molecule has 0 N–H and O–H groups in total. The Labute approximate surface area is 89.4 Å². The van der Waals surface area contributed by atoms with Crippen LogP contribution in [0.2, 0.25) is 0 Å². The first-order valence-corrected chi connectivity index (χ1v) is 5.24. The van der Waals surface area contributed by atoms with Crippen LogP contribution in [-0.2, 0) is 19.1 Å². The second kappa shape index (κ2) is 7.67. The first kappa shape index (κ1) is 13.3. The number of esters is 2. The van der Waals surface area contributed by atoms with E-state index in [0.29, 0.717) is 6.61 Å². The van der Waals surface area contributed by atoms with Gasteiger partial charge < -0.3 is 9.47 Å². The lowest BCUT2D eigenvalue weighted by atomic mass is 10.2. The van der Waals surface area contributed by atoms with Crippen LogP contribution in [0.5, 0.6) is 0 Å². The maximum atomic E-state index is 11.3. The van der Waals surface area contributed by atoms with Crippen molar-refractivity contribution in [2.75, 3.05) is 19.0 Å². The van der Waals surface area contributed by atoms with Gasteiger partial charge >= 0.3 is 11.9 Å². The molecule has 0 saturated carbocycles. The summed E-state index contributed by atoms with van der Waals surface area (Å²) in [5.74, 6) is -1.91. The predicted octanol–water partition coefficient (Wildman–Crippen LogP) is 1.05. The SMILES string of the molecule is CCCOC(=O)C(CS)C(=O)OCC. The third-order valence-electron chi connectivity index (χ3n) is 1.49. The van der Waals surface area contributed by atoms with Crippen molar-refractivity contribution in [3.8, 4) is 0 Å². The first-order valence-electron chi connectivity index (χ1n) is 4.61. The van der Waals surface area contributed by atoms with Gasteiger partial charge in [-0.1, -0.05) is 6.92 Å². The summed E-state index contributed by atoms with van der Waals surface area (Å²) in [5.41, 5.74) is 0. The zero-order chi connectivity index (χ0) is 11.0. The second-order valence-electron chi connectivity index (χ2n) is 2.65. The van der Waals surface area contributed by atoms with Gasteiger partial charge in [0.2, 0.25) is 0 Å². The molecule has 1 atom stereocenters. The zero-order valence-corrected chi connectivity index (χ0v) is 9.38. The quantitative estimate of drug-likeness (QED) is 0.413. The third kappa shape index (κ3) is 4.50. The molecule has 0 aliphatic carbocycles. The molecule has 14 heavy (non-hydrogen) atoms. The summed E-state index contributed by atoms with van der Waals surface area (Å²) in [6.07, 6.45) is 0.730.